The lowest BCUT2D eigenvalue weighted by Crippen LogP contribution is -2.33. The molecule has 0 aliphatic carbocycles. The second kappa shape index (κ2) is 6.74. The minimum absolute atomic E-state index is 0.417. The number of rotatable bonds is 6. The van der Waals surface area contributed by atoms with Crippen molar-refractivity contribution in [2.75, 3.05) is 13.2 Å². The summed E-state index contributed by atoms with van der Waals surface area (Å²) in [5, 5.41) is 0.780. The van der Waals surface area contributed by atoms with Crippen molar-refractivity contribution in [2.45, 2.75) is 39.3 Å². The Hall–Kier alpha value is -0.840. The van der Waals surface area contributed by atoms with Gasteiger partial charge in [-0.25, -0.2) is 0 Å². The highest BCUT2D eigenvalue weighted by Gasteiger charge is 2.20. The van der Waals surface area contributed by atoms with Gasteiger partial charge in [-0.05, 0) is 31.5 Å². The van der Waals surface area contributed by atoms with Crippen LogP contribution in [0.4, 0.5) is 0 Å². The van der Waals surface area contributed by atoms with E-state index in [1.54, 1.807) is 0 Å². The van der Waals surface area contributed by atoms with E-state index in [4.69, 9.17) is 34.3 Å². The number of nitrogens with two attached hydrogens (primary N) is 1. The summed E-state index contributed by atoms with van der Waals surface area (Å²) in [5.41, 5.74) is 7.98. The lowest BCUT2D eigenvalue weighted by molar-refractivity contribution is 0.216. The summed E-state index contributed by atoms with van der Waals surface area (Å²) in [6, 6.07) is 4.42. The van der Waals surface area contributed by atoms with Gasteiger partial charge in [-0.2, -0.15) is 0 Å². The van der Waals surface area contributed by atoms with E-state index in [2.05, 4.69) is 18.7 Å². The molecule has 0 saturated heterocycles. The topological polar surface area (TPSA) is 38.5 Å². The first kappa shape index (κ1) is 15.5. The van der Waals surface area contributed by atoms with E-state index in [1.165, 1.54) is 5.56 Å². The number of ether oxygens (including phenoxy) is 1. The second-order valence-corrected chi connectivity index (χ2v) is 6.39. The van der Waals surface area contributed by atoms with Crippen molar-refractivity contribution in [3.63, 3.8) is 0 Å². The van der Waals surface area contributed by atoms with Gasteiger partial charge in [0.15, 0.2) is 0 Å². The zero-order valence-corrected chi connectivity index (χ0v) is 13.6. The summed E-state index contributed by atoms with van der Waals surface area (Å²) in [4.78, 5) is 2.90. The largest absolute Gasteiger partial charge is 0.493 e. The molecule has 0 atom stereocenters. The average Bonchev–Trinajstić information content (AvgIpc) is 2.81. The van der Waals surface area contributed by atoms with Crippen LogP contribution in [0, 0.1) is 0 Å². The molecule has 1 aromatic carbocycles. The molecule has 1 aromatic rings. The Morgan fingerprint density at radius 2 is 2.25 bits per heavy atom. The lowest BCUT2D eigenvalue weighted by atomic mass is 10.1. The summed E-state index contributed by atoms with van der Waals surface area (Å²) in [7, 11) is 0. The fraction of sp³-hybridized carbons (Fsp3) is 0.533. The van der Waals surface area contributed by atoms with Crippen molar-refractivity contribution in [2.24, 2.45) is 5.73 Å². The molecule has 3 nitrogen and oxygen atoms in total. The monoisotopic (exact) mass is 312 g/mol. The molecular weight excluding hydrogens is 292 g/mol. The number of benzene rings is 1. The molecule has 2 rings (SSSR count). The van der Waals surface area contributed by atoms with Gasteiger partial charge in [-0.3, -0.25) is 4.90 Å². The highest BCUT2D eigenvalue weighted by molar-refractivity contribution is 7.80. The van der Waals surface area contributed by atoms with Crippen LogP contribution in [-0.4, -0.2) is 29.1 Å². The molecule has 110 valence electrons. The molecule has 0 aromatic heterocycles. The molecule has 0 spiro atoms. The quantitative estimate of drug-likeness (QED) is 0.819. The molecule has 0 bridgehead atoms. The van der Waals surface area contributed by atoms with Gasteiger partial charge >= 0.3 is 0 Å². The number of hydrogen-bond donors (Lipinski definition) is 1. The van der Waals surface area contributed by atoms with Crippen molar-refractivity contribution in [1.82, 2.24) is 4.90 Å². The van der Waals surface area contributed by atoms with Crippen molar-refractivity contribution < 1.29 is 4.74 Å². The van der Waals surface area contributed by atoms with Gasteiger partial charge in [0.05, 0.1) is 11.6 Å². The standard InChI is InChI=1S/C15H21ClN2OS/c1-10(2)18(5-3-14(17)20)9-12-8-13(16)7-11-4-6-19-15(11)12/h7-8,10H,3-6,9H2,1-2H3,(H2,17,20). The molecule has 20 heavy (non-hydrogen) atoms. The summed E-state index contributed by atoms with van der Waals surface area (Å²) >= 11 is 11.2. The lowest BCUT2D eigenvalue weighted by Gasteiger charge is -2.27. The van der Waals surface area contributed by atoms with Crippen molar-refractivity contribution in [1.29, 1.82) is 0 Å². The molecule has 5 heteroatoms. The van der Waals surface area contributed by atoms with Gasteiger partial charge in [-0.15, -0.1) is 0 Å². The Bertz CT molecular complexity index is 505. The van der Waals surface area contributed by atoms with E-state index in [1.807, 2.05) is 12.1 Å². The van der Waals surface area contributed by atoms with Gasteiger partial charge in [0, 0.05) is 42.6 Å². The first-order valence-electron chi connectivity index (χ1n) is 6.94. The number of nitrogens with zero attached hydrogens (tertiary/aromatic N) is 1. The Morgan fingerprint density at radius 1 is 1.50 bits per heavy atom. The van der Waals surface area contributed by atoms with Crippen LogP contribution in [0.2, 0.25) is 5.02 Å². The molecule has 2 N–H and O–H groups in total. The SMILES string of the molecule is CC(C)N(CCC(N)=S)Cc1cc(Cl)cc2c1OCC2. The number of halogens is 1. The Morgan fingerprint density at radius 3 is 2.90 bits per heavy atom. The fourth-order valence-corrected chi connectivity index (χ4v) is 2.81. The van der Waals surface area contributed by atoms with Gasteiger partial charge in [0.25, 0.3) is 0 Å². The van der Waals surface area contributed by atoms with Crippen molar-refractivity contribution in [3.8, 4) is 5.75 Å². The highest BCUT2D eigenvalue weighted by atomic mass is 35.5. The van der Waals surface area contributed by atoms with Crippen LogP contribution in [-0.2, 0) is 13.0 Å². The Kier molecular flexibility index (Phi) is 5.24. The zero-order valence-electron chi connectivity index (χ0n) is 12.0. The van der Waals surface area contributed by atoms with Gasteiger partial charge in [0.2, 0.25) is 0 Å². The van der Waals surface area contributed by atoms with E-state index in [0.29, 0.717) is 11.0 Å². The van der Waals surface area contributed by atoms with E-state index in [-0.39, 0.29) is 0 Å². The van der Waals surface area contributed by atoms with Gasteiger partial charge < -0.3 is 10.5 Å². The molecule has 1 aliphatic heterocycles. The van der Waals surface area contributed by atoms with E-state index < -0.39 is 0 Å². The number of hydrogen-bond acceptors (Lipinski definition) is 3. The van der Waals surface area contributed by atoms with Crippen LogP contribution in [0.3, 0.4) is 0 Å². The molecule has 1 aliphatic rings. The third-order valence-electron chi connectivity index (χ3n) is 3.57. The van der Waals surface area contributed by atoms with Crippen LogP contribution < -0.4 is 10.5 Å². The average molecular weight is 313 g/mol. The van der Waals surface area contributed by atoms with Crippen LogP contribution in [0.1, 0.15) is 31.4 Å². The minimum Gasteiger partial charge on any atom is -0.493 e. The van der Waals surface area contributed by atoms with Crippen LogP contribution in [0.25, 0.3) is 0 Å². The maximum absolute atomic E-state index is 6.20. The summed E-state index contributed by atoms with van der Waals surface area (Å²) in [6.45, 7) is 6.76. The van der Waals surface area contributed by atoms with Gasteiger partial charge in [-0.1, -0.05) is 23.8 Å². The Balaban J connectivity index is 2.16. The third kappa shape index (κ3) is 3.84. The van der Waals surface area contributed by atoms with Crippen LogP contribution in [0.15, 0.2) is 12.1 Å². The second-order valence-electron chi connectivity index (χ2n) is 5.43. The molecule has 0 saturated carbocycles. The summed E-state index contributed by atoms with van der Waals surface area (Å²) in [5.74, 6) is 1.01. The molecule has 0 unspecified atom stereocenters. The smallest absolute Gasteiger partial charge is 0.127 e. The predicted octanol–water partition coefficient (Wildman–Crippen LogP) is 3.16. The van der Waals surface area contributed by atoms with Gasteiger partial charge in [0.1, 0.15) is 5.75 Å². The van der Waals surface area contributed by atoms with E-state index >= 15 is 0 Å². The molecule has 0 radical (unpaired) electrons. The maximum atomic E-state index is 6.20. The fourth-order valence-electron chi connectivity index (χ4n) is 2.46. The molecule has 1 heterocycles. The molecule has 0 fully saturated rings. The highest BCUT2D eigenvalue weighted by Crippen LogP contribution is 2.33. The molecule has 0 amide bonds. The molecular formula is C15H21ClN2OS. The predicted molar refractivity (Wildman–Crippen MR) is 87.6 cm³/mol. The zero-order chi connectivity index (χ0) is 14.7. The Labute approximate surface area is 131 Å². The van der Waals surface area contributed by atoms with Crippen molar-refractivity contribution >= 4 is 28.8 Å². The number of thiocarbonyl (C=S) groups is 1. The van der Waals surface area contributed by atoms with Crippen LogP contribution >= 0.6 is 23.8 Å². The first-order chi connectivity index (χ1) is 9.47. The summed E-state index contributed by atoms with van der Waals surface area (Å²) < 4.78 is 5.76. The normalized spacial score (nSPS) is 13.7. The first-order valence-corrected chi connectivity index (χ1v) is 7.72. The van der Waals surface area contributed by atoms with Crippen molar-refractivity contribution in [3.05, 3.63) is 28.3 Å². The third-order valence-corrected chi connectivity index (χ3v) is 4.00. The maximum Gasteiger partial charge on any atom is 0.127 e. The summed E-state index contributed by atoms with van der Waals surface area (Å²) in [6.07, 6.45) is 1.68. The van der Waals surface area contributed by atoms with E-state index in [9.17, 15) is 0 Å². The van der Waals surface area contributed by atoms with Crippen LogP contribution in [0.5, 0.6) is 5.75 Å². The van der Waals surface area contributed by atoms with E-state index in [0.717, 1.165) is 48.9 Å². The number of fused-ring (bicyclic) bond motifs is 1. The minimum atomic E-state index is 0.417.